The molecule has 1 fully saturated rings. The lowest BCUT2D eigenvalue weighted by molar-refractivity contribution is 0.368. The van der Waals surface area contributed by atoms with Crippen LogP contribution >= 0.6 is 0 Å². The molecule has 0 amide bonds. The molecule has 1 aromatic carbocycles. The average Bonchev–Trinajstić information content (AvgIpc) is 2.45. The zero-order chi connectivity index (χ0) is 14.5. The summed E-state index contributed by atoms with van der Waals surface area (Å²) in [6.07, 6.45) is 3.74. The van der Waals surface area contributed by atoms with E-state index in [1.807, 2.05) is 0 Å². The predicted octanol–water partition coefficient (Wildman–Crippen LogP) is 4.17. The van der Waals surface area contributed by atoms with Crippen LogP contribution in [0.25, 0.3) is 0 Å². The molecule has 0 aromatic heterocycles. The largest absolute Gasteiger partial charge is 0.368 e. The van der Waals surface area contributed by atoms with E-state index in [0.717, 1.165) is 6.54 Å². The fourth-order valence-corrected chi connectivity index (χ4v) is 3.30. The highest BCUT2D eigenvalue weighted by Gasteiger charge is 2.26. The Morgan fingerprint density at radius 3 is 2.70 bits per heavy atom. The van der Waals surface area contributed by atoms with Crippen molar-refractivity contribution in [3.05, 3.63) is 29.8 Å². The van der Waals surface area contributed by atoms with Gasteiger partial charge < -0.3 is 10.2 Å². The van der Waals surface area contributed by atoms with Crippen LogP contribution in [0.1, 0.15) is 58.4 Å². The number of hydrogen-bond donors (Lipinski definition) is 1. The first-order valence-electron chi connectivity index (χ1n) is 8.22. The molecule has 1 N–H and O–H groups in total. The topological polar surface area (TPSA) is 15.3 Å². The highest BCUT2D eigenvalue weighted by molar-refractivity contribution is 5.56. The second-order valence-electron chi connectivity index (χ2n) is 6.43. The van der Waals surface area contributed by atoms with Gasteiger partial charge in [0.1, 0.15) is 0 Å². The van der Waals surface area contributed by atoms with Crippen LogP contribution in [0.3, 0.4) is 0 Å². The minimum Gasteiger partial charge on any atom is -0.368 e. The lowest BCUT2D eigenvalue weighted by Crippen LogP contribution is -2.48. The van der Waals surface area contributed by atoms with Gasteiger partial charge in [-0.2, -0.15) is 0 Å². The third kappa shape index (κ3) is 3.54. The quantitative estimate of drug-likeness (QED) is 0.867. The van der Waals surface area contributed by atoms with Crippen molar-refractivity contribution in [3.8, 4) is 0 Å². The van der Waals surface area contributed by atoms with Gasteiger partial charge in [-0.25, -0.2) is 0 Å². The highest BCUT2D eigenvalue weighted by atomic mass is 15.2. The van der Waals surface area contributed by atoms with Gasteiger partial charge in [-0.05, 0) is 50.3 Å². The summed E-state index contributed by atoms with van der Waals surface area (Å²) in [6.45, 7) is 11.5. The first-order chi connectivity index (χ1) is 9.63. The Kier molecular flexibility index (Phi) is 5.47. The van der Waals surface area contributed by atoms with E-state index in [0.29, 0.717) is 18.0 Å². The molecule has 2 unspecified atom stereocenters. The van der Waals surface area contributed by atoms with Crippen molar-refractivity contribution in [2.24, 2.45) is 0 Å². The zero-order valence-electron chi connectivity index (χ0n) is 13.5. The third-order valence-electron chi connectivity index (χ3n) is 4.43. The van der Waals surface area contributed by atoms with Crippen molar-refractivity contribution in [1.29, 1.82) is 0 Å². The van der Waals surface area contributed by atoms with Crippen molar-refractivity contribution < 1.29 is 0 Å². The van der Waals surface area contributed by atoms with Gasteiger partial charge in [0.25, 0.3) is 0 Å². The molecule has 2 heteroatoms. The Bertz CT molecular complexity index is 414. The van der Waals surface area contributed by atoms with Crippen LogP contribution in [0, 0.1) is 0 Å². The van der Waals surface area contributed by atoms with Crippen molar-refractivity contribution >= 4 is 5.69 Å². The number of nitrogens with zero attached hydrogens (tertiary/aromatic N) is 1. The molecule has 1 heterocycles. The standard InChI is InChI=1S/C18H30N2/c1-5-11-19-16-10-12-20(15(4)13-16)18-9-7-6-8-17(18)14(2)3/h6-9,14-16,19H,5,10-13H2,1-4H3. The molecule has 2 rings (SSSR count). The lowest BCUT2D eigenvalue weighted by atomic mass is 9.94. The van der Waals surface area contributed by atoms with E-state index < -0.39 is 0 Å². The Hall–Kier alpha value is -1.02. The van der Waals surface area contributed by atoms with Crippen LogP contribution < -0.4 is 10.2 Å². The van der Waals surface area contributed by atoms with Gasteiger partial charge in [-0.3, -0.25) is 0 Å². The van der Waals surface area contributed by atoms with Gasteiger partial charge in [0.15, 0.2) is 0 Å². The van der Waals surface area contributed by atoms with Crippen LogP contribution in [-0.2, 0) is 0 Å². The Morgan fingerprint density at radius 1 is 1.30 bits per heavy atom. The van der Waals surface area contributed by atoms with E-state index in [-0.39, 0.29) is 0 Å². The van der Waals surface area contributed by atoms with E-state index in [1.165, 1.54) is 37.1 Å². The molecule has 1 saturated heterocycles. The molecular formula is C18H30N2. The van der Waals surface area contributed by atoms with Gasteiger partial charge in [-0.15, -0.1) is 0 Å². The number of nitrogens with one attached hydrogen (secondary N) is 1. The van der Waals surface area contributed by atoms with Gasteiger partial charge in [-0.1, -0.05) is 39.0 Å². The first kappa shape index (κ1) is 15.4. The van der Waals surface area contributed by atoms with E-state index >= 15 is 0 Å². The summed E-state index contributed by atoms with van der Waals surface area (Å²) >= 11 is 0. The van der Waals surface area contributed by atoms with E-state index in [4.69, 9.17) is 0 Å². The minimum atomic E-state index is 0.592. The van der Waals surface area contributed by atoms with Crippen molar-refractivity contribution in [1.82, 2.24) is 5.32 Å². The summed E-state index contributed by atoms with van der Waals surface area (Å²) in [4.78, 5) is 2.61. The summed E-state index contributed by atoms with van der Waals surface area (Å²) in [6, 6.07) is 10.2. The molecule has 1 aliphatic rings. The smallest absolute Gasteiger partial charge is 0.0403 e. The minimum absolute atomic E-state index is 0.592. The SMILES string of the molecule is CCCNC1CCN(c2ccccc2C(C)C)C(C)C1. The maximum Gasteiger partial charge on any atom is 0.0403 e. The van der Waals surface area contributed by atoms with Crippen LogP contribution in [0.4, 0.5) is 5.69 Å². The third-order valence-corrected chi connectivity index (χ3v) is 4.43. The summed E-state index contributed by atoms with van der Waals surface area (Å²) in [5, 5.41) is 3.68. The van der Waals surface area contributed by atoms with Crippen molar-refractivity contribution in [3.63, 3.8) is 0 Å². The van der Waals surface area contributed by atoms with Gasteiger partial charge in [0.2, 0.25) is 0 Å². The summed E-state index contributed by atoms with van der Waals surface area (Å²) < 4.78 is 0. The average molecular weight is 274 g/mol. The van der Waals surface area contributed by atoms with Gasteiger partial charge in [0, 0.05) is 24.3 Å². The fraction of sp³-hybridized carbons (Fsp3) is 0.667. The molecule has 1 aromatic rings. The second-order valence-corrected chi connectivity index (χ2v) is 6.43. The van der Waals surface area contributed by atoms with E-state index in [2.05, 4.69) is 62.2 Å². The van der Waals surface area contributed by atoms with Gasteiger partial charge in [0.05, 0.1) is 0 Å². The van der Waals surface area contributed by atoms with Crippen molar-refractivity contribution in [2.75, 3.05) is 18.0 Å². The Labute approximate surface area is 124 Å². The van der Waals surface area contributed by atoms with Crippen molar-refractivity contribution in [2.45, 2.75) is 65.0 Å². The molecule has 0 radical (unpaired) electrons. The summed E-state index contributed by atoms with van der Waals surface area (Å²) in [5.41, 5.74) is 2.93. The van der Waals surface area contributed by atoms with Crippen LogP contribution in [-0.4, -0.2) is 25.2 Å². The molecule has 0 bridgehead atoms. The number of rotatable bonds is 5. The van der Waals surface area contributed by atoms with Crippen LogP contribution in [0.2, 0.25) is 0 Å². The number of para-hydroxylation sites is 1. The van der Waals surface area contributed by atoms with Crippen LogP contribution in [0.5, 0.6) is 0 Å². The maximum atomic E-state index is 3.68. The summed E-state index contributed by atoms with van der Waals surface area (Å²) in [7, 11) is 0. The van der Waals surface area contributed by atoms with E-state index in [1.54, 1.807) is 0 Å². The monoisotopic (exact) mass is 274 g/mol. The summed E-state index contributed by atoms with van der Waals surface area (Å²) in [5.74, 6) is 0.592. The normalized spacial score (nSPS) is 23.4. The molecule has 112 valence electrons. The molecule has 2 nitrogen and oxygen atoms in total. The zero-order valence-corrected chi connectivity index (χ0v) is 13.5. The fourth-order valence-electron chi connectivity index (χ4n) is 3.30. The second kappa shape index (κ2) is 7.12. The first-order valence-corrected chi connectivity index (χ1v) is 8.22. The molecule has 20 heavy (non-hydrogen) atoms. The maximum absolute atomic E-state index is 3.68. The number of piperidine rings is 1. The number of anilines is 1. The molecule has 1 aliphatic heterocycles. The number of benzene rings is 1. The predicted molar refractivity (Wildman–Crippen MR) is 88.7 cm³/mol. The number of hydrogen-bond acceptors (Lipinski definition) is 2. The van der Waals surface area contributed by atoms with Gasteiger partial charge >= 0.3 is 0 Å². The molecular weight excluding hydrogens is 244 g/mol. The van der Waals surface area contributed by atoms with E-state index in [9.17, 15) is 0 Å². The molecule has 0 spiro atoms. The Balaban J connectivity index is 2.08. The molecule has 2 atom stereocenters. The lowest BCUT2D eigenvalue weighted by Gasteiger charge is -2.41. The molecule has 0 saturated carbocycles. The molecule has 0 aliphatic carbocycles. The highest BCUT2D eigenvalue weighted by Crippen LogP contribution is 2.31. The Morgan fingerprint density at radius 2 is 2.05 bits per heavy atom. The van der Waals surface area contributed by atoms with Crippen LogP contribution in [0.15, 0.2) is 24.3 Å².